The summed E-state index contributed by atoms with van der Waals surface area (Å²) in [6.45, 7) is 7.99. The lowest BCUT2D eigenvalue weighted by Gasteiger charge is -2.13. The lowest BCUT2D eigenvalue weighted by Crippen LogP contribution is -2.26. The van der Waals surface area contributed by atoms with E-state index in [9.17, 15) is 4.79 Å². The van der Waals surface area contributed by atoms with Gasteiger partial charge in [0.2, 0.25) is 5.91 Å². The smallest absolute Gasteiger partial charge is 0.223 e. The molecule has 0 fully saturated rings. The maximum atomic E-state index is 11.4. The van der Waals surface area contributed by atoms with Gasteiger partial charge in [-0.05, 0) is 0 Å². The summed E-state index contributed by atoms with van der Waals surface area (Å²) in [5, 5.41) is 4.43. The average Bonchev–Trinajstić information content (AvgIpc) is 2.72. The molecule has 0 spiro atoms. The van der Waals surface area contributed by atoms with Crippen molar-refractivity contribution >= 4 is 17.2 Å². The van der Waals surface area contributed by atoms with Crippen LogP contribution in [0.2, 0.25) is 0 Å². The minimum Gasteiger partial charge on any atom is -0.349 e. The Balaban J connectivity index is 2.32. The third-order valence-electron chi connectivity index (χ3n) is 2.51. The van der Waals surface area contributed by atoms with Gasteiger partial charge in [0.1, 0.15) is 0 Å². The SMILES string of the molecule is CN(C)C(=O)CCNCc1cnc(C(C)(C)C)s1. The van der Waals surface area contributed by atoms with Gasteiger partial charge in [0.25, 0.3) is 0 Å². The van der Waals surface area contributed by atoms with Gasteiger partial charge in [-0.1, -0.05) is 20.8 Å². The van der Waals surface area contributed by atoms with E-state index in [0.717, 1.165) is 11.6 Å². The van der Waals surface area contributed by atoms with Crippen LogP contribution in [-0.2, 0) is 16.8 Å². The highest BCUT2D eigenvalue weighted by Gasteiger charge is 2.17. The third-order valence-corrected chi connectivity index (χ3v) is 3.93. The van der Waals surface area contributed by atoms with Gasteiger partial charge in [-0.15, -0.1) is 11.3 Å². The minimum atomic E-state index is 0.115. The first kappa shape index (κ1) is 15.1. The molecule has 5 heteroatoms. The van der Waals surface area contributed by atoms with E-state index in [1.54, 1.807) is 30.3 Å². The van der Waals surface area contributed by atoms with Crippen molar-refractivity contribution < 1.29 is 4.79 Å². The Morgan fingerprint density at radius 1 is 1.44 bits per heavy atom. The van der Waals surface area contributed by atoms with Crippen molar-refractivity contribution in [2.75, 3.05) is 20.6 Å². The Morgan fingerprint density at radius 3 is 2.61 bits per heavy atom. The van der Waals surface area contributed by atoms with E-state index in [-0.39, 0.29) is 11.3 Å². The number of amides is 1. The standard InChI is InChI=1S/C13H23N3OS/c1-13(2,3)12-15-9-10(18-12)8-14-7-6-11(17)16(4)5/h9,14H,6-8H2,1-5H3. The largest absolute Gasteiger partial charge is 0.349 e. The molecule has 0 saturated carbocycles. The molecule has 0 atom stereocenters. The number of carbonyl (C=O) groups is 1. The molecule has 0 aromatic carbocycles. The van der Waals surface area contributed by atoms with Gasteiger partial charge in [0.15, 0.2) is 0 Å². The molecule has 1 rings (SSSR count). The van der Waals surface area contributed by atoms with E-state index in [1.165, 1.54) is 4.88 Å². The molecule has 0 aliphatic heterocycles. The lowest BCUT2D eigenvalue weighted by molar-refractivity contribution is -0.128. The molecule has 1 heterocycles. The van der Waals surface area contributed by atoms with Gasteiger partial charge >= 0.3 is 0 Å². The van der Waals surface area contributed by atoms with Gasteiger partial charge in [-0.3, -0.25) is 4.79 Å². The predicted octanol–water partition coefficient (Wildman–Crippen LogP) is 2.01. The van der Waals surface area contributed by atoms with Crippen LogP contribution in [0, 0.1) is 0 Å². The fraction of sp³-hybridized carbons (Fsp3) is 0.692. The summed E-state index contributed by atoms with van der Waals surface area (Å²) in [7, 11) is 3.56. The van der Waals surface area contributed by atoms with Gasteiger partial charge in [0, 0.05) is 50.1 Å². The van der Waals surface area contributed by atoms with Gasteiger partial charge in [-0.25, -0.2) is 4.98 Å². The van der Waals surface area contributed by atoms with Gasteiger partial charge in [-0.2, -0.15) is 0 Å². The summed E-state index contributed by atoms with van der Waals surface area (Å²) in [5.41, 5.74) is 0.115. The quantitative estimate of drug-likeness (QED) is 0.832. The van der Waals surface area contributed by atoms with Crippen molar-refractivity contribution in [3.63, 3.8) is 0 Å². The van der Waals surface area contributed by atoms with Crippen molar-refractivity contribution in [1.29, 1.82) is 0 Å². The van der Waals surface area contributed by atoms with Crippen molar-refractivity contribution in [3.05, 3.63) is 16.1 Å². The summed E-state index contributed by atoms with van der Waals surface area (Å²) in [6.07, 6.45) is 2.46. The van der Waals surface area contributed by atoms with Crippen molar-refractivity contribution in [3.8, 4) is 0 Å². The van der Waals surface area contributed by atoms with E-state index in [2.05, 4.69) is 31.1 Å². The molecule has 0 bridgehead atoms. The monoisotopic (exact) mass is 269 g/mol. The second-order valence-electron chi connectivity index (χ2n) is 5.60. The van der Waals surface area contributed by atoms with Crippen molar-refractivity contribution in [1.82, 2.24) is 15.2 Å². The fourth-order valence-corrected chi connectivity index (χ4v) is 2.31. The van der Waals surface area contributed by atoms with Gasteiger partial charge < -0.3 is 10.2 Å². The van der Waals surface area contributed by atoms with Crippen LogP contribution in [0.5, 0.6) is 0 Å². The van der Waals surface area contributed by atoms with E-state index >= 15 is 0 Å². The second-order valence-corrected chi connectivity index (χ2v) is 6.71. The zero-order valence-corrected chi connectivity index (χ0v) is 12.7. The normalized spacial score (nSPS) is 11.6. The van der Waals surface area contributed by atoms with Crippen molar-refractivity contribution in [2.24, 2.45) is 0 Å². The molecule has 0 saturated heterocycles. The third kappa shape index (κ3) is 4.74. The predicted molar refractivity (Wildman–Crippen MR) is 75.8 cm³/mol. The highest BCUT2D eigenvalue weighted by atomic mass is 32.1. The summed E-state index contributed by atoms with van der Waals surface area (Å²) in [5.74, 6) is 0.155. The first-order valence-electron chi connectivity index (χ1n) is 6.17. The molecular formula is C13H23N3OS. The summed E-state index contributed by atoms with van der Waals surface area (Å²) < 4.78 is 0. The molecule has 1 N–H and O–H groups in total. The minimum absolute atomic E-state index is 0.115. The van der Waals surface area contributed by atoms with E-state index < -0.39 is 0 Å². The molecule has 0 radical (unpaired) electrons. The van der Waals surface area contributed by atoms with Crippen LogP contribution >= 0.6 is 11.3 Å². The van der Waals surface area contributed by atoms with Crippen LogP contribution in [0.25, 0.3) is 0 Å². The average molecular weight is 269 g/mol. The van der Waals surface area contributed by atoms with E-state index in [4.69, 9.17) is 0 Å². The molecule has 1 aromatic heterocycles. The lowest BCUT2D eigenvalue weighted by atomic mass is 9.98. The van der Waals surface area contributed by atoms with Crippen LogP contribution in [0.4, 0.5) is 0 Å². The molecule has 0 aliphatic carbocycles. The molecular weight excluding hydrogens is 246 g/mol. The summed E-state index contributed by atoms with van der Waals surface area (Å²) in [4.78, 5) is 18.6. The Hall–Kier alpha value is -0.940. The summed E-state index contributed by atoms with van der Waals surface area (Å²) in [6, 6.07) is 0. The Labute approximate surface area is 113 Å². The zero-order chi connectivity index (χ0) is 13.8. The van der Waals surface area contributed by atoms with Crippen LogP contribution in [-0.4, -0.2) is 36.4 Å². The van der Waals surface area contributed by atoms with Crippen LogP contribution in [0.1, 0.15) is 37.1 Å². The second kappa shape index (κ2) is 6.29. The van der Waals surface area contributed by atoms with Crippen LogP contribution in [0.3, 0.4) is 0 Å². The first-order valence-corrected chi connectivity index (χ1v) is 6.98. The number of hydrogen-bond acceptors (Lipinski definition) is 4. The van der Waals surface area contributed by atoms with Crippen molar-refractivity contribution in [2.45, 2.75) is 39.2 Å². The zero-order valence-electron chi connectivity index (χ0n) is 11.9. The molecule has 102 valence electrons. The summed E-state index contributed by atoms with van der Waals surface area (Å²) >= 11 is 1.74. The van der Waals surface area contributed by atoms with Gasteiger partial charge in [0.05, 0.1) is 5.01 Å². The molecule has 0 unspecified atom stereocenters. The Kier molecular flexibility index (Phi) is 5.28. The topological polar surface area (TPSA) is 45.2 Å². The highest BCUT2D eigenvalue weighted by Crippen LogP contribution is 2.26. The highest BCUT2D eigenvalue weighted by molar-refractivity contribution is 7.11. The molecule has 1 aromatic rings. The molecule has 18 heavy (non-hydrogen) atoms. The maximum Gasteiger partial charge on any atom is 0.223 e. The number of rotatable bonds is 5. The molecule has 1 amide bonds. The number of nitrogens with one attached hydrogen (secondary N) is 1. The molecule has 0 aliphatic rings. The number of carbonyl (C=O) groups excluding carboxylic acids is 1. The number of hydrogen-bond donors (Lipinski definition) is 1. The van der Waals surface area contributed by atoms with Crippen LogP contribution < -0.4 is 5.32 Å². The molecule has 4 nitrogen and oxygen atoms in total. The number of nitrogens with zero attached hydrogens (tertiary/aromatic N) is 2. The Bertz CT molecular complexity index is 393. The van der Waals surface area contributed by atoms with E-state index in [0.29, 0.717) is 13.0 Å². The fourth-order valence-electron chi connectivity index (χ4n) is 1.37. The first-order chi connectivity index (χ1) is 8.30. The Morgan fingerprint density at radius 2 is 2.11 bits per heavy atom. The van der Waals surface area contributed by atoms with E-state index in [1.807, 2.05) is 6.20 Å². The maximum absolute atomic E-state index is 11.4. The van der Waals surface area contributed by atoms with Crippen LogP contribution in [0.15, 0.2) is 6.20 Å². The number of aromatic nitrogens is 1. The number of thiazole rings is 1.